The number of anilines is 1. The number of carboxylic acid groups (broad SMARTS) is 1. The van der Waals surface area contributed by atoms with Crippen LogP contribution in [0.25, 0.3) is 0 Å². The van der Waals surface area contributed by atoms with Gasteiger partial charge in [0.25, 0.3) is 0 Å². The summed E-state index contributed by atoms with van der Waals surface area (Å²) in [5.74, 6) is 0.646. The number of carbonyl (C=O) groups excluding carboxylic acids is 1. The Balaban J connectivity index is 1.55. The quantitative estimate of drug-likeness (QED) is 0.636. The normalized spacial score (nSPS) is 26.3. The molecule has 5 nitrogen and oxygen atoms in total. The number of rotatable bonds is 5. The second kappa shape index (κ2) is 8.43. The van der Waals surface area contributed by atoms with Crippen molar-refractivity contribution in [3.63, 3.8) is 0 Å². The number of benzene rings is 2. The molecule has 1 aliphatic heterocycles. The number of nitrogens with zero attached hydrogens (tertiary/aromatic N) is 1. The molecule has 1 fully saturated rings. The Morgan fingerprint density at radius 3 is 2.81 bits per heavy atom. The summed E-state index contributed by atoms with van der Waals surface area (Å²) < 4.78 is 6.38. The largest absolute Gasteiger partial charge is 0.490 e. The zero-order chi connectivity index (χ0) is 22.3. The van der Waals surface area contributed by atoms with Crippen LogP contribution < -0.4 is 9.64 Å². The Labute approximate surface area is 193 Å². The first-order valence-electron chi connectivity index (χ1n) is 11.5. The monoisotopic (exact) mass is 453 g/mol. The van der Waals surface area contributed by atoms with E-state index in [-0.39, 0.29) is 11.0 Å². The number of hydrogen-bond acceptors (Lipinski definition) is 4. The van der Waals surface area contributed by atoms with Gasteiger partial charge in [-0.2, -0.15) is 0 Å². The van der Waals surface area contributed by atoms with E-state index in [1.807, 2.05) is 6.07 Å². The van der Waals surface area contributed by atoms with Gasteiger partial charge in [0.2, 0.25) is 0 Å². The number of hydrogen-bond donors (Lipinski definition) is 1. The summed E-state index contributed by atoms with van der Waals surface area (Å²) >= 11 is 6.30. The maximum atomic E-state index is 11.7. The molecule has 0 aromatic heterocycles. The number of carbonyl (C=O) groups is 2. The molecule has 6 heteroatoms. The Kier molecular flexibility index (Phi) is 5.62. The lowest BCUT2D eigenvalue weighted by Crippen LogP contribution is -2.48. The van der Waals surface area contributed by atoms with Gasteiger partial charge in [0, 0.05) is 29.9 Å². The minimum atomic E-state index is -0.938. The second-order valence-electron chi connectivity index (χ2n) is 9.59. The molecule has 2 aliphatic carbocycles. The zero-order valence-corrected chi connectivity index (χ0v) is 18.8. The Morgan fingerprint density at radius 2 is 2.06 bits per heavy atom. The van der Waals surface area contributed by atoms with Gasteiger partial charge in [-0.1, -0.05) is 17.7 Å². The molecule has 1 spiro atoms. The molecule has 0 radical (unpaired) electrons. The summed E-state index contributed by atoms with van der Waals surface area (Å²) in [4.78, 5) is 25.1. The Hall–Kier alpha value is -2.53. The maximum Gasteiger partial charge on any atom is 0.335 e. The molecule has 1 saturated carbocycles. The highest BCUT2D eigenvalue weighted by atomic mass is 35.5. The van der Waals surface area contributed by atoms with E-state index in [1.54, 1.807) is 18.2 Å². The van der Waals surface area contributed by atoms with Crippen LogP contribution >= 0.6 is 11.6 Å². The third-order valence-electron chi connectivity index (χ3n) is 7.71. The van der Waals surface area contributed by atoms with Gasteiger partial charge in [-0.05, 0) is 85.4 Å². The summed E-state index contributed by atoms with van der Waals surface area (Å²) in [6.07, 6.45) is 6.91. The summed E-state index contributed by atoms with van der Waals surface area (Å²) in [5.41, 5.74) is 3.51. The van der Waals surface area contributed by atoms with Crippen LogP contribution in [-0.4, -0.2) is 37.1 Å². The van der Waals surface area contributed by atoms with E-state index >= 15 is 0 Å². The van der Waals surface area contributed by atoms with Crippen LogP contribution in [0.1, 0.15) is 53.6 Å². The molecule has 5 rings (SSSR count). The van der Waals surface area contributed by atoms with Crippen molar-refractivity contribution >= 4 is 29.5 Å². The van der Waals surface area contributed by atoms with Crippen LogP contribution in [0.3, 0.4) is 0 Å². The summed E-state index contributed by atoms with van der Waals surface area (Å²) in [6, 6.07) is 11.3. The fraction of sp³-hybridized carbons (Fsp3) is 0.462. The van der Waals surface area contributed by atoms with Gasteiger partial charge in [0.15, 0.2) is 0 Å². The molecule has 2 aromatic carbocycles. The van der Waals surface area contributed by atoms with E-state index in [0.29, 0.717) is 24.9 Å². The van der Waals surface area contributed by atoms with Crippen LogP contribution in [0.4, 0.5) is 5.69 Å². The topological polar surface area (TPSA) is 66.8 Å². The average molecular weight is 454 g/mol. The summed E-state index contributed by atoms with van der Waals surface area (Å²) in [7, 11) is 0. The van der Waals surface area contributed by atoms with E-state index in [1.165, 1.54) is 11.1 Å². The predicted octanol–water partition coefficient (Wildman–Crippen LogP) is 5.13. The van der Waals surface area contributed by atoms with E-state index in [2.05, 4.69) is 17.0 Å². The van der Waals surface area contributed by atoms with E-state index < -0.39 is 5.97 Å². The SMILES string of the molecule is O=CC[C@@H]1CC[C@H]1CN1CC2(CCCc3cc(Cl)ccc32)COc2ccc(C(=O)O)cc21. The molecular formula is C26H28ClNO4. The molecular weight excluding hydrogens is 426 g/mol. The number of fused-ring (bicyclic) bond motifs is 3. The highest BCUT2D eigenvalue weighted by Crippen LogP contribution is 2.46. The lowest BCUT2D eigenvalue weighted by molar-refractivity contribution is -0.109. The lowest BCUT2D eigenvalue weighted by atomic mass is 9.69. The van der Waals surface area contributed by atoms with E-state index in [4.69, 9.17) is 16.3 Å². The van der Waals surface area contributed by atoms with Gasteiger partial charge in [-0.15, -0.1) is 0 Å². The fourth-order valence-corrected chi connectivity index (χ4v) is 6.04. The minimum Gasteiger partial charge on any atom is -0.490 e. The number of halogens is 1. The third kappa shape index (κ3) is 3.77. The highest BCUT2D eigenvalue weighted by molar-refractivity contribution is 6.30. The van der Waals surface area contributed by atoms with Gasteiger partial charge in [0.05, 0.1) is 17.9 Å². The van der Waals surface area contributed by atoms with Gasteiger partial charge in [-0.25, -0.2) is 4.79 Å². The number of carboxylic acids is 1. The number of aldehydes is 1. The molecule has 168 valence electrons. The number of aromatic carboxylic acids is 1. The number of ether oxygens (including phenoxy) is 1. The van der Waals surface area contributed by atoms with Crippen molar-refractivity contribution in [1.29, 1.82) is 0 Å². The first kappa shape index (κ1) is 21.3. The van der Waals surface area contributed by atoms with Crippen LogP contribution in [0.5, 0.6) is 5.75 Å². The van der Waals surface area contributed by atoms with Gasteiger partial charge < -0.3 is 19.5 Å². The maximum absolute atomic E-state index is 11.7. The van der Waals surface area contributed by atoms with E-state index in [0.717, 1.165) is 67.9 Å². The Morgan fingerprint density at radius 1 is 1.22 bits per heavy atom. The van der Waals surface area contributed by atoms with Crippen LogP contribution in [-0.2, 0) is 16.6 Å². The molecule has 1 unspecified atom stereocenters. The molecule has 0 saturated heterocycles. The fourth-order valence-electron chi connectivity index (χ4n) is 5.84. The third-order valence-corrected chi connectivity index (χ3v) is 7.95. The molecule has 0 bridgehead atoms. The summed E-state index contributed by atoms with van der Waals surface area (Å²) in [6.45, 7) is 2.13. The molecule has 3 atom stereocenters. The average Bonchev–Trinajstić information content (AvgIpc) is 2.92. The zero-order valence-electron chi connectivity index (χ0n) is 18.1. The Bertz CT molecular complexity index is 1050. The minimum absolute atomic E-state index is 0.176. The van der Waals surface area contributed by atoms with Crippen LogP contribution in [0.15, 0.2) is 36.4 Å². The van der Waals surface area contributed by atoms with Gasteiger partial charge in [-0.3, -0.25) is 0 Å². The van der Waals surface area contributed by atoms with Crippen molar-refractivity contribution in [1.82, 2.24) is 0 Å². The first-order valence-corrected chi connectivity index (χ1v) is 11.8. The van der Waals surface area contributed by atoms with Crippen molar-refractivity contribution < 1.29 is 19.4 Å². The van der Waals surface area contributed by atoms with Crippen molar-refractivity contribution in [2.45, 2.75) is 43.9 Å². The molecule has 0 amide bonds. The van der Waals surface area contributed by atoms with Crippen LogP contribution in [0.2, 0.25) is 5.02 Å². The second-order valence-corrected chi connectivity index (χ2v) is 10.0. The molecule has 32 heavy (non-hydrogen) atoms. The first-order chi connectivity index (χ1) is 15.5. The molecule has 1 heterocycles. The van der Waals surface area contributed by atoms with Crippen molar-refractivity contribution in [2.75, 3.05) is 24.6 Å². The van der Waals surface area contributed by atoms with Crippen molar-refractivity contribution in [3.05, 3.63) is 58.1 Å². The molecule has 2 aromatic rings. The predicted molar refractivity (Wildman–Crippen MR) is 124 cm³/mol. The highest BCUT2D eigenvalue weighted by Gasteiger charge is 2.43. The van der Waals surface area contributed by atoms with Crippen molar-refractivity contribution in [3.8, 4) is 5.75 Å². The summed E-state index contributed by atoms with van der Waals surface area (Å²) in [5, 5.41) is 10.3. The lowest BCUT2D eigenvalue weighted by Gasteiger charge is -2.44. The van der Waals surface area contributed by atoms with E-state index in [9.17, 15) is 14.7 Å². The standard InChI is InChI=1S/C26H28ClNO4/c27-21-6-7-22-18(12-21)2-1-10-26(22)15-28(14-20-4-3-17(20)9-11-29)23-13-19(25(30)31)5-8-24(23)32-16-26/h5-8,11-13,17,20H,1-4,9-10,14-16H2,(H,30,31)/t17-,20-,26?/m0/s1. The molecule has 3 aliphatic rings. The van der Waals surface area contributed by atoms with Gasteiger partial charge in [0.1, 0.15) is 12.0 Å². The smallest absolute Gasteiger partial charge is 0.335 e. The number of aryl methyl sites for hydroxylation is 1. The van der Waals surface area contributed by atoms with Gasteiger partial charge >= 0.3 is 5.97 Å². The molecule has 1 N–H and O–H groups in total. The van der Waals surface area contributed by atoms with Crippen LogP contribution in [0, 0.1) is 11.8 Å². The van der Waals surface area contributed by atoms with Crippen molar-refractivity contribution in [2.24, 2.45) is 11.8 Å².